The third-order valence-electron chi connectivity index (χ3n) is 3.00. The summed E-state index contributed by atoms with van der Waals surface area (Å²) < 4.78 is 28.6. The van der Waals surface area contributed by atoms with Gasteiger partial charge in [0.2, 0.25) is 0 Å². The highest BCUT2D eigenvalue weighted by atomic mass is 127. The molecule has 102 valence electrons. The van der Waals surface area contributed by atoms with Crippen LogP contribution in [-0.4, -0.2) is 12.4 Å². The van der Waals surface area contributed by atoms with Gasteiger partial charge in [-0.05, 0) is 46.9 Å². The zero-order chi connectivity index (χ0) is 14.3. The van der Waals surface area contributed by atoms with E-state index in [2.05, 4.69) is 38.5 Å². The van der Waals surface area contributed by atoms with Gasteiger partial charge in [-0.25, -0.2) is 12.4 Å². The van der Waals surface area contributed by atoms with E-state index in [1.165, 1.54) is 3.97 Å². The third-order valence-corrected chi connectivity index (χ3v) is 6.17. The first-order valence-electron chi connectivity index (χ1n) is 5.77. The number of fused-ring (bicyclic) bond motifs is 1. The molecule has 0 saturated carbocycles. The van der Waals surface area contributed by atoms with Gasteiger partial charge in [0.15, 0.2) is 0 Å². The minimum absolute atomic E-state index is 0.285. The van der Waals surface area contributed by atoms with E-state index in [9.17, 15) is 8.42 Å². The Balaban J connectivity index is 2.34. The van der Waals surface area contributed by atoms with Crippen LogP contribution in [0.3, 0.4) is 0 Å². The topological polar surface area (TPSA) is 39.1 Å². The van der Waals surface area contributed by atoms with Crippen molar-refractivity contribution >= 4 is 59.4 Å². The molecule has 0 unspecified atom stereocenters. The molecule has 1 heterocycles. The van der Waals surface area contributed by atoms with Crippen LogP contribution in [-0.2, 0) is 10.0 Å². The Hall–Kier alpha value is -0.860. The van der Waals surface area contributed by atoms with E-state index in [4.69, 9.17) is 0 Å². The maximum atomic E-state index is 12.7. The Morgan fingerprint density at radius 2 is 1.70 bits per heavy atom. The average Bonchev–Trinajstić information content (AvgIpc) is 2.79. The lowest BCUT2D eigenvalue weighted by Crippen LogP contribution is -2.11. The second kappa shape index (κ2) is 5.16. The van der Waals surface area contributed by atoms with Gasteiger partial charge in [0.05, 0.1) is 10.4 Å². The van der Waals surface area contributed by atoms with Crippen molar-refractivity contribution in [3.8, 4) is 0 Å². The summed E-state index contributed by atoms with van der Waals surface area (Å²) in [7, 11) is -3.57. The van der Waals surface area contributed by atoms with Crippen molar-refractivity contribution in [1.82, 2.24) is 3.97 Å². The van der Waals surface area contributed by atoms with Gasteiger partial charge in [-0.15, -0.1) is 0 Å². The number of halogens is 2. The summed E-state index contributed by atoms with van der Waals surface area (Å²) >= 11 is 5.62. The molecule has 0 atom stereocenters. The van der Waals surface area contributed by atoms with Gasteiger partial charge in [-0.3, -0.25) is 0 Å². The summed E-state index contributed by atoms with van der Waals surface area (Å²) in [5.41, 5.74) is 0.674. The second-order valence-corrected chi connectivity index (χ2v) is 8.06. The first-order valence-corrected chi connectivity index (χ1v) is 9.08. The molecule has 20 heavy (non-hydrogen) atoms. The van der Waals surface area contributed by atoms with Gasteiger partial charge in [0.25, 0.3) is 10.0 Å². The Kier molecular flexibility index (Phi) is 3.64. The van der Waals surface area contributed by atoms with Gasteiger partial charge in [0, 0.05) is 19.6 Å². The number of rotatable bonds is 2. The summed E-state index contributed by atoms with van der Waals surface area (Å²) in [6, 6.07) is 14.0. The van der Waals surface area contributed by atoms with Crippen molar-refractivity contribution < 1.29 is 8.42 Å². The van der Waals surface area contributed by atoms with Crippen molar-refractivity contribution in [1.29, 1.82) is 0 Å². The molecule has 0 bridgehead atoms. The largest absolute Gasteiger partial charge is 0.268 e. The molecule has 3 aromatic rings. The zero-order valence-corrected chi connectivity index (χ0v) is 14.7. The molecule has 0 spiro atoms. The molecule has 0 N–H and O–H groups in total. The Morgan fingerprint density at radius 1 is 1.00 bits per heavy atom. The van der Waals surface area contributed by atoms with Crippen molar-refractivity contribution in [2.75, 3.05) is 0 Å². The highest BCUT2D eigenvalue weighted by Gasteiger charge is 2.21. The molecule has 2 aromatic carbocycles. The van der Waals surface area contributed by atoms with Gasteiger partial charge in [-0.1, -0.05) is 40.2 Å². The van der Waals surface area contributed by atoms with Crippen LogP contribution >= 0.6 is 38.5 Å². The number of benzene rings is 2. The maximum Gasteiger partial charge on any atom is 0.268 e. The molecule has 3 rings (SSSR count). The van der Waals surface area contributed by atoms with Crippen molar-refractivity contribution in [3.05, 3.63) is 62.8 Å². The third kappa shape index (κ3) is 2.19. The quantitative estimate of drug-likeness (QED) is 0.535. The van der Waals surface area contributed by atoms with Gasteiger partial charge < -0.3 is 0 Å². The van der Waals surface area contributed by atoms with Gasteiger partial charge in [-0.2, -0.15) is 0 Å². The zero-order valence-electron chi connectivity index (χ0n) is 10.1. The molecule has 1 aromatic heterocycles. The van der Waals surface area contributed by atoms with Crippen molar-refractivity contribution in [3.63, 3.8) is 0 Å². The molecular formula is C14H9BrINO2S. The lowest BCUT2D eigenvalue weighted by Gasteiger charge is -2.07. The molecule has 0 aliphatic carbocycles. The van der Waals surface area contributed by atoms with E-state index in [1.54, 1.807) is 36.5 Å². The first-order chi connectivity index (χ1) is 9.51. The smallest absolute Gasteiger partial charge is 0.240 e. The van der Waals surface area contributed by atoms with Crippen molar-refractivity contribution in [2.45, 2.75) is 4.90 Å². The summed E-state index contributed by atoms with van der Waals surface area (Å²) in [6.07, 6.45) is 1.65. The summed E-state index contributed by atoms with van der Waals surface area (Å²) in [5.74, 6) is 0. The Morgan fingerprint density at radius 3 is 2.40 bits per heavy atom. The first kappa shape index (κ1) is 14.1. The lowest BCUT2D eigenvalue weighted by atomic mass is 10.3. The van der Waals surface area contributed by atoms with Crippen LogP contribution in [0.25, 0.3) is 10.9 Å². The summed E-state index contributed by atoms with van der Waals surface area (Å²) in [6.45, 7) is 0. The summed E-state index contributed by atoms with van der Waals surface area (Å²) in [5, 5.41) is 0.910. The van der Waals surface area contributed by atoms with Crippen LogP contribution in [0.15, 0.2) is 64.1 Å². The summed E-state index contributed by atoms with van der Waals surface area (Å²) in [4.78, 5) is 0.285. The van der Waals surface area contributed by atoms with Crippen LogP contribution in [0, 0.1) is 3.57 Å². The normalized spacial score (nSPS) is 11.9. The highest BCUT2D eigenvalue weighted by Crippen LogP contribution is 2.32. The van der Waals surface area contributed by atoms with Crippen LogP contribution < -0.4 is 0 Å². The molecular weight excluding hydrogens is 453 g/mol. The fourth-order valence-electron chi connectivity index (χ4n) is 2.07. The van der Waals surface area contributed by atoms with E-state index in [0.29, 0.717) is 5.52 Å². The maximum absolute atomic E-state index is 12.7. The van der Waals surface area contributed by atoms with Crippen LogP contribution in [0.1, 0.15) is 0 Å². The number of aromatic nitrogens is 1. The van der Waals surface area contributed by atoms with Gasteiger partial charge in [0.1, 0.15) is 0 Å². The number of nitrogens with zero attached hydrogens (tertiary/aromatic N) is 1. The van der Waals surface area contributed by atoms with Gasteiger partial charge >= 0.3 is 0 Å². The fraction of sp³-hybridized carbons (Fsp3) is 0. The predicted molar refractivity (Wildman–Crippen MR) is 91.4 cm³/mol. The predicted octanol–water partition coefficient (Wildman–Crippen LogP) is 4.25. The molecule has 0 fully saturated rings. The Labute approximate surface area is 138 Å². The monoisotopic (exact) mass is 461 g/mol. The number of hydrogen-bond acceptors (Lipinski definition) is 2. The Bertz CT molecular complexity index is 888. The average molecular weight is 462 g/mol. The molecule has 0 aliphatic rings. The van der Waals surface area contributed by atoms with E-state index in [1.807, 2.05) is 18.2 Å². The van der Waals surface area contributed by atoms with E-state index in [0.717, 1.165) is 13.4 Å². The molecule has 6 heteroatoms. The molecule has 0 saturated heterocycles. The van der Waals surface area contributed by atoms with E-state index in [-0.39, 0.29) is 4.90 Å². The minimum Gasteiger partial charge on any atom is -0.240 e. The van der Waals surface area contributed by atoms with Crippen LogP contribution in [0.4, 0.5) is 0 Å². The van der Waals surface area contributed by atoms with Crippen LogP contribution in [0.2, 0.25) is 0 Å². The molecule has 0 amide bonds. The SMILES string of the molecule is O=S(=O)(c1ccccc1)n1cc(I)c2c(Br)cccc21. The minimum atomic E-state index is -3.57. The van der Waals surface area contributed by atoms with E-state index < -0.39 is 10.0 Å². The van der Waals surface area contributed by atoms with Crippen molar-refractivity contribution in [2.24, 2.45) is 0 Å². The molecule has 0 aliphatic heterocycles. The lowest BCUT2D eigenvalue weighted by molar-refractivity contribution is 0.589. The van der Waals surface area contributed by atoms with Crippen LogP contribution in [0.5, 0.6) is 0 Å². The molecule has 3 nitrogen and oxygen atoms in total. The highest BCUT2D eigenvalue weighted by molar-refractivity contribution is 14.1. The van der Waals surface area contributed by atoms with E-state index >= 15 is 0 Å². The standard InChI is InChI=1S/C14H9BrINO2S/c15-11-7-4-8-13-14(11)12(16)9-17(13)20(18,19)10-5-2-1-3-6-10/h1-9H. The second-order valence-electron chi connectivity index (χ2n) is 4.22. The number of hydrogen-bond donors (Lipinski definition) is 0. The fourth-order valence-corrected chi connectivity index (χ4v) is 5.43. The molecule has 0 radical (unpaired) electrons.